The summed E-state index contributed by atoms with van der Waals surface area (Å²) in [5.74, 6) is -0.483. The minimum absolute atomic E-state index is 0.0544. The summed E-state index contributed by atoms with van der Waals surface area (Å²) < 4.78 is 6.59. The van der Waals surface area contributed by atoms with E-state index in [9.17, 15) is 14.7 Å². The summed E-state index contributed by atoms with van der Waals surface area (Å²) in [5, 5.41) is 17.7. The maximum Gasteiger partial charge on any atom is 0.352 e. The minimum atomic E-state index is -1.10. The van der Waals surface area contributed by atoms with Crippen LogP contribution in [0.15, 0.2) is 22.5 Å². The lowest BCUT2D eigenvalue weighted by atomic mass is 10.0. The number of β-lactam (4-membered cyclic amide) rings is 1. The zero-order valence-corrected chi connectivity index (χ0v) is 13.8. The van der Waals surface area contributed by atoms with Crippen molar-refractivity contribution in [2.24, 2.45) is 5.73 Å². The molecule has 1 fully saturated rings. The summed E-state index contributed by atoms with van der Waals surface area (Å²) in [4.78, 5) is 24.7. The summed E-state index contributed by atoms with van der Waals surface area (Å²) in [6.45, 7) is 0.267. The fraction of sp³-hybridized carbons (Fsp3) is 0.500. The van der Waals surface area contributed by atoms with Crippen molar-refractivity contribution < 1.29 is 19.4 Å². The van der Waals surface area contributed by atoms with E-state index < -0.39 is 12.0 Å². The second-order valence-electron chi connectivity index (χ2n) is 4.97. The van der Waals surface area contributed by atoms with Gasteiger partial charge < -0.3 is 15.6 Å². The molecule has 0 aliphatic carbocycles. The van der Waals surface area contributed by atoms with Gasteiger partial charge in [0.15, 0.2) is 0 Å². The number of amides is 1. The van der Waals surface area contributed by atoms with Crippen molar-refractivity contribution in [1.29, 1.82) is 0 Å². The molecule has 11 heteroatoms. The molecule has 2 atom stereocenters. The maximum atomic E-state index is 11.9. The van der Waals surface area contributed by atoms with Crippen LogP contribution in [-0.2, 0) is 21.1 Å². The summed E-state index contributed by atoms with van der Waals surface area (Å²) in [6, 6.07) is -0.615. The molecule has 0 saturated carbocycles. The number of nitrogens with zero attached hydrogens (tertiary/aromatic N) is 4. The molecule has 0 radical (unpaired) electrons. The second-order valence-corrected chi connectivity index (χ2v) is 7.07. The van der Waals surface area contributed by atoms with Crippen LogP contribution in [-0.4, -0.2) is 66.9 Å². The molecular weight excluding hydrogens is 342 g/mol. The largest absolute Gasteiger partial charge is 0.477 e. The Balaban J connectivity index is 1.78. The van der Waals surface area contributed by atoms with Gasteiger partial charge in [-0.15, -0.1) is 28.6 Å². The standard InChI is InChI=1S/C12H15N5O4S2/c1-21-5-16-7(2-14-15-16)22-3-6-4-23-11-8(13)10(18)17(11)9(6)12(19)20/h2,8,11H,3-5,13H2,1H3,(H,19,20)/t8?,11-/m1/s1. The molecule has 0 spiro atoms. The van der Waals surface area contributed by atoms with Crippen LogP contribution >= 0.6 is 23.5 Å². The fourth-order valence-electron chi connectivity index (χ4n) is 2.42. The maximum absolute atomic E-state index is 11.9. The highest BCUT2D eigenvalue weighted by atomic mass is 32.2. The average molecular weight is 357 g/mol. The molecule has 124 valence electrons. The van der Waals surface area contributed by atoms with Crippen molar-refractivity contribution in [3.63, 3.8) is 0 Å². The van der Waals surface area contributed by atoms with Crippen LogP contribution < -0.4 is 5.73 Å². The number of ether oxygens (including phenoxy) is 1. The van der Waals surface area contributed by atoms with Gasteiger partial charge in [0.1, 0.15) is 28.9 Å². The molecular formula is C12H15N5O4S2. The molecule has 1 amide bonds. The number of carboxylic acid groups (broad SMARTS) is 1. The number of hydrogen-bond donors (Lipinski definition) is 2. The van der Waals surface area contributed by atoms with Crippen LogP contribution in [0.2, 0.25) is 0 Å². The van der Waals surface area contributed by atoms with Gasteiger partial charge in [-0.3, -0.25) is 9.69 Å². The molecule has 1 aromatic heterocycles. The third-order valence-corrected chi connectivity index (χ3v) is 5.98. The van der Waals surface area contributed by atoms with Crippen LogP contribution in [0.5, 0.6) is 0 Å². The highest BCUT2D eigenvalue weighted by Crippen LogP contribution is 2.40. The summed E-state index contributed by atoms with van der Waals surface area (Å²) in [7, 11) is 1.55. The van der Waals surface area contributed by atoms with Crippen LogP contribution in [0.3, 0.4) is 0 Å². The molecule has 1 aromatic rings. The lowest BCUT2D eigenvalue weighted by Crippen LogP contribution is -2.68. The first-order valence-electron chi connectivity index (χ1n) is 6.70. The number of carbonyl (C=O) groups excluding carboxylic acids is 1. The third-order valence-electron chi connectivity index (χ3n) is 3.52. The van der Waals surface area contributed by atoms with Gasteiger partial charge in [-0.2, -0.15) is 0 Å². The Morgan fingerprint density at radius 3 is 3.13 bits per heavy atom. The smallest absolute Gasteiger partial charge is 0.352 e. The summed E-state index contributed by atoms with van der Waals surface area (Å²) in [5.41, 5.74) is 6.47. The zero-order valence-electron chi connectivity index (χ0n) is 12.2. The van der Waals surface area contributed by atoms with Gasteiger partial charge in [-0.05, 0) is 5.57 Å². The third kappa shape index (κ3) is 2.84. The van der Waals surface area contributed by atoms with Gasteiger partial charge in [0.25, 0.3) is 0 Å². The Morgan fingerprint density at radius 1 is 1.65 bits per heavy atom. The van der Waals surface area contributed by atoms with Gasteiger partial charge in [-0.1, -0.05) is 5.21 Å². The number of fused-ring (bicyclic) bond motifs is 1. The Labute approximate surface area is 140 Å². The van der Waals surface area contributed by atoms with Crippen molar-refractivity contribution in [2.75, 3.05) is 18.6 Å². The number of nitrogens with two attached hydrogens (primary N) is 1. The quantitative estimate of drug-likeness (QED) is 0.515. The second kappa shape index (κ2) is 6.51. The van der Waals surface area contributed by atoms with E-state index in [0.29, 0.717) is 17.1 Å². The lowest BCUT2D eigenvalue weighted by Gasteiger charge is -2.48. The minimum Gasteiger partial charge on any atom is -0.477 e. The summed E-state index contributed by atoms with van der Waals surface area (Å²) in [6.07, 6.45) is 1.59. The molecule has 2 aliphatic rings. The molecule has 0 aromatic carbocycles. The SMILES string of the molecule is COCn1nncc1SCC1=C(C(=O)O)N2C(=O)C(N)[C@H]2SC1. The topological polar surface area (TPSA) is 124 Å². The van der Waals surface area contributed by atoms with Crippen LogP contribution in [0.25, 0.3) is 0 Å². The van der Waals surface area contributed by atoms with Gasteiger partial charge in [0.2, 0.25) is 5.91 Å². The zero-order chi connectivity index (χ0) is 16.6. The van der Waals surface area contributed by atoms with E-state index >= 15 is 0 Å². The number of carboxylic acids is 1. The molecule has 3 rings (SSSR count). The van der Waals surface area contributed by atoms with Crippen molar-refractivity contribution in [2.45, 2.75) is 23.2 Å². The Kier molecular flexibility index (Phi) is 4.62. The van der Waals surface area contributed by atoms with Crippen molar-refractivity contribution in [3.05, 3.63) is 17.5 Å². The number of aromatic nitrogens is 3. The van der Waals surface area contributed by atoms with Crippen LogP contribution in [0.4, 0.5) is 0 Å². The molecule has 1 saturated heterocycles. The van der Waals surface area contributed by atoms with E-state index in [1.54, 1.807) is 18.0 Å². The molecule has 9 nitrogen and oxygen atoms in total. The Hall–Kier alpha value is -1.56. The fourth-order valence-corrected chi connectivity index (χ4v) is 4.77. The number of thioether (sulfide) groups is 2. The van der Waals surface area contributed by atoms with E-state index in [-0.39, 0.29) is 23.7 Å². The first kappa shape index (κ1) is 16.3. The number of hydrogen-bond acceptors (Lipinski definition) is 8. The van der Waals surface area contributed by atoms with Crippen molar-refractivity contribution in [3.8, 4) is 0 Å². The predicted molar refractivity (Wildman–Crippen MR) is 83.5 cm³/mol. The van der Waals surface area contributed by atoms with Crippen LogP contribution in [0.1, 0.15) is 0 Å². The van der Waals surface area contributed by atoms with E-state index in [4.69, 9.17) is 10.5 Å². The number of rotatable bonds is 6. The average Bonchev–Trinajstić information content (AvgIpc) is 2.98. The Morgan fingerprint density at radius 2 is 2.43 bits per heavy atom. The first-order valence-corrected chi connectivity index (χ1v) is 8.73. The number of methoxy groups -OCH3 is 1. The normalized spacial score (nSPS) is 23.7. The van der Waals surface area contributed by atoms with E-state index in [2.05, 4.69) is 10.3 Å². The molecule has 2 aliphatic heterocycles. The molecule has 3 heterocycles. The Bertz CT molecular complexity index is 676. The van der Waals surface area contributed by atoms with E-state index in [1.807, 2.05) is 0 Å². The van der Waals surface area contributed by atoms with E-state index in [0.717, 1.165) is 5.03 Å². The molecule has 1 unspecified atom stereocenters. The highest BCUT2D eigenvalue weighted by molar-refractivity contribution is 8.01. The van der Waals surface area contributed by atoms with Crippen molar-refractivity contribution >= 4 is 35.4 Å². The highest BCUT2D eigenvalue weighted by Gasteiger charge is 2.51. The number of aliphatic carboxylic acids is 1. The van der Waals surface area contributed by atoms with Gasteiger partial charge >= 0.3 is 5.97 Å². The van der Waals surface area contributed by atoms with Crippen LogP contribution in [0, 0.1) is 0 Å². The van der Waals surface area contributed by atoms with Crippen molar-refractivity contribution in [1.82, 2.24) is 19.9 Å². The first-order chi connectivity index (χ1) is 11.0. The predicted octanol–water partition coefficient (Wildman–Crippen LogP) is -0.445. The van der Waals surface area contributed by atoms with Gasteiger partial charge in [0.05, 0.1) is 6.20 Å². The number of carbonyl (C=O) groups is 2. The monoisotopic (exact) mass is 357 g/mol. The van der Waals surface area contributed by atoms with Gasteiger partial charge in [-0.25, -0.2) is 9.48 Å². The lowest BCUT2D eigenvalue weighted by molar-refractivity contribution is -0.147. The molecule has 0 bridgehead atoms. The van der Waals surface area contributed by atoms with Gasteiger partial charge in [0, 0.05) is 18.6 Å². The van der Waals surface area contributed by atoms with E-state index in [1.165, 1.54) is 28.4 Å². The molecule has 23 heavy (non-hydrogen) atoms. The summed E-state index contributed by atoms with van der Waals surface area (Å²) >= 11 is 2.89. The molecule has 3 N–H and O–H groups in total.